The van der Waals surface area contributed by atoms with E-state index in [1.165, 1.54) is 4.57 Å². The summed E-state index contributed by atoms with van der Waals surface area (Å²) in [6.07, 6.45) is 5.46. The van der Waals surface area contributed by atoms with E-state index in [4.69, 9.17) is 22.1 Å². The summed E-state index contributed by atoms with van der Waals surface area (Å²) in [7, 11) is 0. The maximum Gasteiger partial charge on any atom is 0.328 e. The largest absolute Gasteiger partial charge is 0.401 e. The van der Waals surface area contributed by atoms with Gasteiger partial charge in [0.1, 0.15) is 11.3 Å². The van der Waals surface area contributed by atoms with Crippen molar-refractivity contribution in [2.24, 2.45) is 11.1 Å². The molecular weight excluding hydrogens is 434 g/mol. The molecular formula is C22H26ClN5O4. The minimum Gasteiger partial charge on any atom is -0.401 e. The molecule has 3 heterocycles. The lowest BCUT2D eigenvalue weighted by molar-refractivity contribution is -0.129. The first-order valence-electron chi connectivity index (χ1n) is 11.2. The molecule has 1 aliphatic heterocycles. The van der Waals surface area contributed by atoms with E-state index >= 15 is 0 Å². The SMILES string of the molecule is CC1CC(n2c(=O)[nH]c3c(Cl)nc(C(=O)C4=C(N)[C@]5(CCCCC5=O)CCC4)nc32)CO1. The first kappa shape index (κ1) is 21.3. The van der Waals surface area contributed by atoms with E-state index in [1.807, 2.05) is 6.92 Å². The highest BCUT2D eigenvalue weighted by Crippen LogP contribution is 2.47. The van der Waals surface area contributed by atoms with Gasteiger partial charge < -0.3 is 15.5 Å². The van der Waals surface area contributed by atoms with Gasteiger partial charge in [-0.05, 0) is 45.4 Å². The molecule has 3 N–H and O–H groups in total. The number of nitrogens with two attached hydrogens (primary N) is 1. The number of fused-ring (bicyclic) bond motifs is 1. The molecule has 2 aliphatic carbocycles. The molecule has 2 aromatic heterocycles. The number of H-pyrrole nitrogens is 1. The summed E-state index contributed by atoms with van der Waals surface area (Å²) in [5.74, 6) is -0.420. The summed E-state index contributed by atoms with van der Waals surface area (Å²) in [5, 5.41) is -0.000370. The third-order valence-electron chi connectivity index (χ3n) is 7.21. The zero-order valence-corrected chi connectivity index (χ0v) is 18.7. The number of Topliss-reactive ketones (excluding diaryl/α,β-unsaturated/α-hetero) is 2. The van der Waals surface area contributed by atoms with E-state index in [0.29, 0.717) is 56.4 Å². The Balaban J connectivity index is 1.59. The maximum absolute atomic E-state index is 13.5. The van der Waals surface area contributed by atoms with Crippen molar-refractivity contribution in [3.8, 4) is 0 Å². The summed E-state index contributed by atoms with van der Waals surface area (Å²) in [6, 6.07) is -0.206. The van der Waals surface area contributed by atoms with Crippen molar-refractivity contribution in [3.63, 3.8) is 0 Å². The van der Waals surface area contributed by atoms with E-state index < -0.39 is 11.2 Å². The van der Waals surface area contributed by atoms with E-state index in [0.717, 1.165) is 12.8 Å². The van der Waals surface area contributed by atoms with Gasteiger partial charge in [0, 0.05) is 17.7 Å². The van der Waals surface area contributed by atoms with E-state index in [9.17, 15) is 14.4 Å². The third kappa shape index (κ3) is 3.21. The zero-order chi connectivity index (χ0) is 22.6. The molecule has 2 aromatic rings. The molecule has 32 heavy (non-hydrogen) atoms. The number of rotatable bonds is 3. The van der Waals surface area contributed by atoms with Crippen molar-refractivity contribution in [2.45, 2.75) is 70.4 Å². The maximum atomic E-state index is 13.5. The van der Waals surface area contributed by atoms with Crippen molar-refractivity contribution < 1.29 is 14.3 Å². The van der Waals surface area contributed by atoms with E-state index in [1.54, 1.807) is 0 Å². The second-order valence-electron chi connectivity index (χ2n) is 9.16. The fraction of sp³-hybridized carbons (Fsp3) is 0.591. The van der Waals surface area contributed by atoms with Crippen molar-refractivity contribution in [1.29, 1.82) is 0 Å². The van der Waals surface area contributed by atoms with Gasteiger partial charge in [-0.2, -0.15) is 0 Å². The van der Waals surface area contributed by atoms with E-state index in [2.05, 4.69) is 15.0 Å². The monoisotopic (exact) mass is 459 g/mol. The average molecular weight is 460 g/mol. The number of hydrogen-bond acceptors (Lipinski definition) is 7. The van der Waals surface area contributed by atoms with Crippen molar-refractivity contribution in [3.05, 3.63) is 32.7 Å². The Hall–Kier alpha value is -2.52. The number of imidazole rings is 1. The van der Waals surface area contributed by atoms with Gasteiger partial charge in [-0.15, -0.1) is 0 Å². The highest BCUT2D eigenvalue weighted by atomic mass is 35.5. The topological polar surface area (TPSA) is 133 Å². The van der Waals surface area contributed by atoms with Crippen LogP contribution >= 0.6 is 11.6 Å². The Kier molecular flexibility index (Phi) is 5.21. The van der Waals surface area contributed by atoms with Gasteiger partial charge in [-0.1, -0.05) is 18.0 Å². The molecule has 3 aliphatic rings. The molecule has 170 valence electrons. The number of ketones is 2. The molecule has 9 nitrogen and oxygen atoms in total. The lowest BCUT2D eigenvalue weighted by Gasteiger charge is -2.40. The van der Waals surface area contributed by atoms with Crippen LogP contribution in [-0.4, -0.2) is 43.8 Å². The molecule has 0 aromatic carbocycles. The second-order valence-corrected chi connectivity index (χ2v) is 9.52. The lowest BCUT2D eigenvalue weighted by atomic mass is 9.64. The van der Waals surface area contributed by atoms with Gasteiger partial charge in [0.25, 0.3) is 0 Å². The number of allylic oxidation sites excluding steroid dienone is 2. The molecule has 3 atom stereocenters. The van der Waals surface area contributed by atoms with Crippen LogP contribution in [0.4, 0.5) is 0 Å². The molecule has 10 heteroatoms. The van der Waals surface area contributed by atoms with Crippen LogP contribution in [0.1, 0.15) is 75.0 Å². The first-order chi connectivity index (χ1) is 15.3. The van der Waals surface area contributed by atoms with Crippen molar-refractivity contribution >= 4 is 34.3 Å². The van der Waals surface area contributed by atoms with Crippen LogP contribution in [-0.2, 0) is 9.53 Å². The number of halogens is 1. The molecule has 2 unspecified atom stereocenters. The molecule has 0 bridgehead atoms. The quantitative estimate of drug-likeness (QED) is 0.532. The van der Waals surface area contributed by atoms with Crippen LogP contribution in [0.2, 0.25) is 5.15 Å². The predicted molar refractivity (Wildman–Crippen MR) is 118 cm³/mol. The molecule has 0 amide bonds. The van der Waals surface area contributed by atoms with Crippen LogP contribution in [0, 0.1) is 5.41 Å². The summed E-state index contributed by atoms with van der Waals surface area (Å²) in [5.41, 5.74) is 6.70. The summed E-state index contributed by atoms with van der Waals surface area (Å²) in [4.78, 5) is 50.2. The van der Waals surface area contributed by atoms with E-state index in [-0.39, 0.29) is 45.8 Å². The van der Waals surface area contributed by atoms with Crippen LogP contribution in [0.25, 0.3) is 11.2 Å². The van der Waals surface area contributed by atoms with Gasteiger partial charge >= 0.3 is 5.69 Å². The number of carbonyl (C=O) groups excluding carboxylic acids is 2. The van der Waals surface area contributed by atoms with Crippen LogP contribution in [0.5, 0.6) is 0 Å². The van der Waals surface area contributed by atoms with Crippen molar-refractivity contribution in [2.75, 3.05) is 6.61 Å². The lowest BCUT2D eigenvalue weighted by Crippen LogP contribution is -2.42. The number of aromatic amines is 1. The number of carbonyl (C=O) groups is 2. The molecule has 1 saturated carbocycles. The van der Waals surface area contributed by atoms with Gasteiger partial charge in [0.15, 0.2) is 10.8 Å². The van der Waals surface area contributed by atoms with Crippen LogP contribution in [0.3, 0.4) is 0 Å². The second kappa shape index (κ2) is 7.81. The average Bonchev–Trinajstić information content (AvgIpc) is 3.33. The Morgan fingerprint density at radius 2 is 2.00 bits per heavy atom. The first-order valence-corrected chi connectivity index (χ1v) is 11.6. The summed E-state index contributed by atoms with van der Waals surface area (Å²) >= 11 is 6.35. The molecule has 1 spiro atoms. The standard InChI is InChI=1S/C22H26ClN5O4/c1-11-9-12(10-32-11)28-20-15(25-21(28)31)18(23)26-19(27-20)16(30)13-5-4-8-22(17(13)24)7-3-2-6-14(22)29/h11-12H,2-10,24H2,1H3,(H,25,31)/t11?,12?,22-/m1/s1. The summed E-state index contributed by atoms with van der Waals surface area (Å²) < 4.78 is 7.11. The minimum atomic E-state index is -0.747. The van der Waals surface area contributed by atoms with Gasteiger partial charge in [0.05, 0.1) is 24.2 Å². The number of ether oxygens (including phenoxy) is 1. The van der Waals surface area contributed by atoms with Gasteiger partial charge in [-0.3, -0.25) is 14.2 Å². The Morgan fingerprint density at radius 3 is 2.72 bits per heavy atom. The minimum absolute atomic E-state index is 0.000370. The third-order valence-corrected chi connectivity index (χ3v) is 7.48. The van der Waals surface area contributed by atoms with Crippen LogP contribution in [0.15, 0.2) is 16.1 Å². The molecule has 1 saturated heterocycles. The normalized spacial score (nSPS) is 28.8. The van der Waals surface area contributed by atoms with Crippen molar-refractivity contribution in [1.82, 2.24) is 19.5 Å². The molecule has 5 rings (SSSR count). The number of aromatic nitrogens is 4. The fourth-order valence-electron chi connectivity index (χ4n) is 5.52. The number of hydrogen-bond donors (Lipinski definition) is 2. The fourth-order valence-corrected chi connectivity index (χ4v) is 5.73. The zero-order valence-electron chi connectivity index (χ0n) is 17.9. The number of nitrogens with one attached hydrogen (secondary N) is 1. The Bertz CT molecular complexity index is 1210. The highest BCUT2D eigenvalue weighted by Gasteiger charge is 2.46. The van der Waals surface area contributed by atoms with Gasteiger partial charge in [0.2, 0.25) is 11.6 Å². The number of nitrogens with zero attached hydrogens (tertiary/aromatic N) is 3. The summed E-state index contributed by atoms with van der Waals surface area (Å²) in [6.45, 7) is 2.32. The Morgan fingerprint density at radius 1 is 1.22 bits per heavy atom. The predicted octanol–water partition coefficient (Wildman–Crippen LogP) is 2.83. The van der Waals surface area contributed by atoms with Crippen LogP contribution < -0.4 is 11.4 Å². The Labute approximate surface area is 189 Å². The van der Waals surface area contributed by atoms with Gasteiger partial charge in [-0.25, -0.2) is 14.8 Å². The highest BCUT2D eigenvalue weighted by molar-refractivity contribution is 6.33. The molecule has 0 radical (unpaired) electrons. The molecule has 2 fully saturated rings. The smallest absolute Gasteiger partial charge is 0.328 e.